The van der Waals surface area contributed by atoms with E-state index in [0.717, 1.165) is 27.8 Å². The van der Waals surface area contributed by atoms with E-state index in [1.165, 1.54) is 44.4 Å². The molecule has 2 aromatic heterocycles. The molecule has 19 heteroatoms. The Morgan fingerprint density at radius 3 is 2.01 bits per heavy atom. The number of oxime groups is 1. The van der Waals surface area contributed by atoms with Crippen LogP contribution in [0.5, 0.6) is 0 Å². The van der Waals surface area contributed by atoms with Gasteiger partial charge in [0.1, 0.15) is 28.3 Å². The number of thiazole rings is 1. The first-order chi connectivity index (χ1) is 34.8. The maximum Gasteiger partial charge on any atom is 0.356 e. The molecule has 16 nitrogen and oxygen atoms in total. The summed E-state index contributed by atoms with van der Waals surface area (Å²) < 4.78 is 7.89. The van der Waals surface area contributed by atoms with Crippen LogP contribution in [0.15, 0.2) is 179 Å². The molecule has 5 heterocycles. The zero-order chi connectivity index (χ0) is 48.7. The lowest BCUT2D eigenvalue weighted by Crippen LogP contribution is -2.71. The maximum absolute atomic E-state index is 14.7. The van der Waals surface area contributed by atoms with Gasteiger partial charge in [0.05, 0.1) is 0 Å². The average molecular weight is 1000 g/mol. The summed E-state index contributed by atoms with van der Waals surface area (Å²) in [6, 6.07) is 47.8. The molecule has 2 fully saturated rings. The molecule has 358 valence electrons. The molecule has 3 atom stereocenters. The Hall–Kier alpha value is -7.61. The van der Waals surface area contributed by atoms with Gasteiger partial charge in [-0.05, 0) is 56.7 Å². The van der Waals surface area contributed by atoms with E-state index in [1.54, 1.807) is 12.4 Å². The lowest BCUT2D eigenvalue weighted by atomic mass is 9.77. The number of anilines is 1. The van der Waals surface area contributed by atoms with E-state index < -0.39 is 46.9 Å². The lowest BCUT2D eigenvalue weighted by Gasteiger charge is -2.49. The second-order valence-corrected chi connectivity index (χ2v) is 19.7. The minimum atomic E-state index is -1.08. The SMILES string of the molecule is Cn1nnnc1SCC1=C(C(=O)OC(c2ccccc2)c2ccccc2)N2C(=O)[C@@H](NC(=O)/C(=N\OC3CCCNC3=O)c3csc(NC(c4ccccc4)(c4ccccc4)c4ccccc4)n3)[C@@H]2SC1. The number of aryl methyl sites for hydroxylation is 1. The topological polar surface area (TPSA) is 195 Å². The Labute approximate surface area is 421 Å². The zero-order valence-electron chi connectivity index (χ0n) is 38.2. The Morgan fingerprint density at radius 1 is 0.859 bits per heavy atom. The summed E-state index contributed by atoms with van der Waals surface area (Å²) in [6.45, 7) is 0.503. The van der Waals surface area contributed by atoms with Crippen LogP contribution in [-0.4, -0.2) is 95.1 Å². The quantitative estimate of drug-likeness (QED) is 0.0214. The van der Waals surface area contributed by atoms with Crippen molar-refractivity contribution in [3.05, 3.63) is 202 Å². The number of nitrogens with one attached hydrogen (secondary N) is 3. The molecule has 3 N–H and O–H groups in total. The summed E-state index contributed by atoms with van der Waals surface area (Å²) in [6.07, 6.45) is -0.668. The van der Waals surface area contributed by atoms with Crippen LogP contribution in [0.3, 0.4) is 0 Å². The summed E-state index contributed by atoms with van der Waals surface area (Å²) in [4.78, 5) is 68.9. The number of benzene rings is 5. The average Bonchev–Trinajstić information content (AvgIpc) is 4.07. The number of piperidine rings is 1. The number of thioether (sulfide) groups is 2. The number of carbonyl (C=O) groups excluding carboxylic acids is 4. The summed E-state index contributed by atoms with van der Waals surface area (Å²) in [5, 5.41) is 27.5. The van der Waals surface area contributed by atoms with Gasteiger partial charge in [-0.2, -0.15) is 0 Å². The molecule has 7 aromatic rings. The number of fused-ring (bicyclic) bond motifs is 1. The molecule has 0 saturated carbocycles. The van der Waals surface area contributed by atoms with Gasteiger partial charge in [0, 0.05) is 30.5 Å². The van der Waals surface area contributed by atoms with Crippen LogP contribution in [-0.2, 0) is 41.3 Å². The standard InChI is InChI=1S/C52H46N10O6S3/c1-61-51(57-59-60-61)71-31-35-30-69-48-42(47(65)62(48)43(35)49(66)67-44(33-18-7-2-8-19-33)34-20-9-3-10-21-34)55-46(64)41(58-68-40-28-17-29-53-45(40)63)39-32-70-50(54-39)56-52(36-22-11-4-12-23-36,37-24-13-5-14-25-37)38-26-15-6-16-27-38/h2-16,18-27,32,40,42,44,48H,17,28-31H2,1H3,(H,53,63)(H,54,56)(H,55,64)/b58-41-/t40?,42-,48+/m1/s1. The fourth-order valence-electron chi connectivity index (χ4n) is 8.78. The van der Waals surface area contributed by atoms with Crippen LogP contribution in [0, 0.1) is 0 Å². The van der Waals surface area contributed by atoms with Gasteiger partial charge in [-0.3, -0.25) is 19.3 Å². The fraction of sp³-hybridized carbons (Fsp3) is 0.212. The van der Waals surface area contributed by atoms with Crippen LogP contribution in [0.2, 0.25) is 0 Å². The zero-order valence-corrected chi connectivity index (χ0v) is 40.6. The molecule has 0 radical (unpaired) electrons. The highest BCUT2D eigenvalue weighted by molar-refractivity contribution is 8.01. The lowest BCUT2D eigenvalue weighted by molar-refractivity contribution is -0.154. The number of esters is 1. The highest BCUT2D eigenvalue weighted by atomic mass is 32.2. The normalized spacial score (nSPS) is 18.0. The number of tetrazole rings is 1. The first-order valence-electron chi connectivity index (χ1n) is 22.8. The Balaban J connectivity index is 0.957. The van der Waals surface area contributed by atoms with Crippen molar-refractivity contribution in [2.45, 2.75) is 47.2 Å². The molecule has 10 rings (SSSR count). The number of hydrogen-bond acceptors (Lipinski definition) is 15. The van der Waals surface area contributed by atoms with E-state index in [1.807, 2.05) is 115 Å². The number of β-lactam (4-membered cyclic amide) rings is 1. The Bertz CT molecular complexity index is 2950. The van der Waals surface area contributed by atoms with Gasteiger partial charge >= 0.3 is 5.97 Å². The monoisotopic (exact) mass is 1000 g/mol. The van der Waals surface area contributed by atoms with Gasteiger partial charge < -0.3 is 25.5 Å². The predicted molar refractivity (Wildman–Crippen MR) is 271 cm³/mol. The third kappa shape index (κ3) is 9.80. The number of ether oxygens (including phenoxy) is 1. The number of carbonyl (C=O) groups is 4. The predicted octanol–water partition coefficient (Wildman–Crippen LogP) is 6.85. The summed E-state index contributed by atoms with van der Waals surface area (Å²) in [5.41, 5.74) is 4.09. The number of hydrogen-bond donors (Lipinski definition) is 3. The van der Waals surface area contributed by atoms with Crippen LogP contribution in [0.25, 0.3) is 0 Å². The second kappa shape index (κ2) is 21.2. The van der Waals surface area contributed by atoms with Crippen LogP contribution < -0.4 is 16.0 Å². The van der Waals surface area contributed by atoms with Crippen molar-refractivity contribution in [2.24, 2.45) is 12.2 Å². The van der Waals surface area contributed by atoms with Crippen molar-refractivity contribution in [2.75, 3.05) is 23.4 Å². The van der Waals surface area contributed by atoms with Crippen molar-refractivity contribution in [1.82, 2.24) is 40.7 Å². The van der Waals surface area contributed by atoms with Gasteiger partial charge in [0.25, 0.3) is 17.7 Å². The summed E-state index contributed by atoms with van der Waals surface area (Å²) in [7, 11) is 1.72. The van der Waals surface area contributed by atoms with Crippen LogP contribution in [0.4, 0.5) is 5.13 Å². The molecule has 5 aromatic carbocycles. The van der Waals surface area contributed by atoms with E-state index >= 15 is 0 Å². The third-order valence-corrected chi connectivity index (χ3v) is 15.5. The van der Waals surface area contributed by atoms with Crippen molar-refractivity contribution in [3.63, 3.8) is 0 Å². The first kappa shape index (κ1) is 47.1. The summed E-state index contributed by atoms with van der Waals surface area (Å²) in [5.74, 6) is -1.71. The van der Waals surface area contributed by atoms with Crippen molar-refractivity contribution in [3.8, 4) is 0 Å². The number of amides is 3. The van der Waals surface area contributed by atoms with Crippen LogP contribution in [0.1, 0.15) is 52.5 Å². The van der Waals surface area contributed by atoms with E-state index in [-0.39, 0.29) is 28.8 Å². The Morgan fingerprint density at radius 2 is 1.45 bits per heavy atom. The molecular formula is C52H46N10O6S3. The third-order valence-electron chi connectivity index (χ3n) is 12.3. The molecule has 3 aliphatic heterocycles. The minimum absolute atomic E-state index is 0.0956. The summed E-state index contributed by atoms with van der Waals surface area (Å²) >= 11 is 3.99. The fourth-order valence-corrected chi connectivity index (χ4v) is 11.9. The maximum atomic E-state index is 14.7. The molecule has 71 heavy (non-hydrogen) atoms. The first-order valence-corrected chi connectivity index (χ1v) is 25.8. The molecule has 1 unspecified atom stereocenters. The number of aromatic nitrogens is 5. The van der Waals surface area contributed by atoms with Gasteiger partial charge in [0.2, 0.25) is 11.3 Å². The van der Waals surface area contributed by atoms with Crippen LogP contribution >= 0.6 is 34.9 Å². The number of rotatable bonds is 17. The van der Waals surface area contributed by atoms with Crippen molar-refractivity contribution < 1.29 is 28.8 Å². The van der Waals surface area contributed by atoms with E-state index in [9.17, 15) is 19.2 Å². The van der Waals surface area contributed by atoms with E-state index in [2.05, 4.69) is 73.0 Å². The number of nitrogens with zero attached hydrogens (tertiary/aromatic N) is 7. The van der Waals surface area contributed by atoms with Gasteiger partial charge in [0.15, 0.2) is 16.9 Å². The molecule has 0 aliphatic carbocycles. The van der Waals surface area contributed by atoms with E-state index in [4.69, 9.17) is 14.6 Å². The molecule has 3 aliphatic rings. The largest absolute Gasteiger partial charge is 0.448 e. The van der Waals surface area contributed by atoms with Gasteiger partial charge in [-0.25, -0.2) is 14.5 Å². The highest BCUT2D eigenvalue weighted by Crippen LogP contribution is 2.44. The van der Waals surface area contributed by atoms with Crippen molar-refractivity contribution in [1.29, 1.82) is 0 Å². The minimum Gasteiger partial charge on any atom is -0.448 e. The second-order valence-electron chi connectivity index (χ2n) is 16.8. The van der Waals surface area contributed by atoms with E-state index in [0.29, 0.717) is 41.0 Å². The highest BCUT2D eigenvalue weighted by Gasteiger charge is 2.55. The van der Waals surface area contributed by atoms with Crippen molar-refractivity contribution >= 4 is 69.4 Å². The smallest absolute Gasteiger partial charge is 0.356 e. The Kier molecular flexibility index (Phi) is 14.0. The van der Waals surface area contributed by atoms with Gasteiger partial charge in [-0.15, -0.1) is 28.2 Å². The molecule has 2 saturated heterocycles. The molecule has 0 bridgehead atoms. The molecule has 0 spiro atoms. The molecule has 3 amide bonds. The molecular weight excluding hydrogens is 957 g/mol. The van der Waals surface area contributed by atoms with Gasteiger partial charge in [-0.1, -0.05) is 169 Å².